The second kappa shape index (κ2) is 8.02. The molecule has 122 valence electrons. The van der Waals surface area contributed by atoms with Crippen LogP contribution in [-0.2, 0) is 4.79 Å². The smallest absolute Gasteiger partial charge is 0.153 e. The summed E-state index contributed by atoms with van der Waals surface area (Å²) in [7, 11) is 0. The van der Waals surface area contributed by atoms with E-state index in [4.69, 9.17) is 4.99 Å². The number of hydrogen-bond acceptors (Lipinski definition) is 2. The van der Waals surface area contributed by atoms with Gasteiger partial charge in [-0.2, -0.15) is 0 Å². The molecule has 0 spiro atoms. The van der Waals surface area contributed by atoms with Crippen LogP contribution in [0.2, 0.25) is 0 Å². The lowest BCUT2D eigenvalue weighted by atomic mass is 9.94. The summed E-state index contributed by atoms with van der Waals surface area (Å²) in [6.45, 7) is 1.56. The van der Waals surface area contributed by atoms with Gasteiger partial charge in [0, 0.05) is 11.1 Å². The van der Waals surface area contributed by atoms with Gasteiger partial charge in [0.2, 0.25) is 0 Å². The molecule has 0 saturated heterocycles. The van der Waals surface area contributed by atoms with Crippen LogP contribution in [0.5, 0.6) is 0 Å². The summed E-state index contributed by atoms with van der Waals surface area (Å²) in [5.74, 6) is -0.00412. The number of rotatable bonds is 5. The Kier molecular flexibility index (Phi) is 5.32. The third kappa shape index (κ3) is 4.39. The second-order valence-corrected chi connectivity index (χ2v) is 5.70. The molecule has 0 aliphatic heterocycles. The first-order chi connectivity index (χ1) is 12.2. The molecular weight excluding hydrogens is 306 g/mol. The average Bonchev–Trinajstić information content (AvgIpc) is 2.66. The maximum Gasteiger partial charge on any atom is 0.153 e. The number of benzene rings is 3. The van der Waals surface area contributed by atoms with E-state index in [1.165, 1.54) is 0 Å². The van der Waals surface area contributed by atoms with E-state index in [0.29, 0.717) is 0 Å². The highest BCUT2D eigenvalue weighted by Gasteiger charge is 2.13. The fraction of sp³-hybridized carbons (Fsp3) is 0.0435. The molecule has 0 saturated carbocycles. The van der Waals surface area contributed by atoms with E-state index < -0.39 is 0 Å². The molecule has 2 nitrogen and oxygen atoms in total. The molecule has 3 rings (SSSR count). The topological polar surface area (TPSA) is 29.4 Å². The van der Waals surface area contributed by atoms with Crippen molar-refractivity contribution in [3.8, 4) is 0 Å². The van der Waals surface area contributed by atoms with Crippen LogP contribution in [0.15, 0.2) is 102 Å². The summed E-state index contributed by atoms with van der Waals surface area (Å²) in [5.41, 5.74) is 4.40. The first kappa shape index (κ1) is 16.6. The molecule has 25 heavy (non-hydrogen) atoms. The molecule has 0 amide bonds. The molecule has 0 unspecified atom stereocenters. The van der Waals surface area contributed by atoms with Gasteiger partial charge in [0.25, 0.3) is 0 Å². The molecule has 0 bridgehead atoms. The van der Waals surface area contributed by atoms with Crippen molar-refractivity contribution in [2.45, 2.75) is 6.92 Å². The Balaban J connectivity index is 2.21. The Morgan fingerprint density at radius 3 is 1.72 bits per heavy atom. The Morgan fingerprint density at radius 1 is 0.720 bits per heavy atom. The zero-order valence-corrected chi connectivity index (χ0v) is 14.1. The third-order valence-electron chi connectivity index (χ3n) is 3.73. The van der Waals surface area contributed by atoms with Gasteiger partial charge in [-0.3, -0.25) is 4.79 Å². The lowest BCUT2D eigenvalue weighted by molar-refractivity contribution is -0.112. The van der Waals surface area contributed by atoms with Crippen LogP contribution in [0.25, 0.3) is 5.57 Å². The quantitative estimate of drug-likeness (QED) is 0.451. The minimum atomic E-state index is -0.00412. The SMILES string of the molecule is CC(=O)C=C(C(=Nc1ccccc1)c1ccccc1)c1ccccc1. The van der Waals surface area contributed by atoms with Crippen LogP contribution in [0.4, 0.5) is 5.69 Å². The number of para-hydroxylation sites is 1. The van der Waals surface area contributed by atoms with E-state index in [1.54, 1.807) is 13.0 Å². The Bertz CT molecular complexity index is 895. The fourth-order valence-corrected chi connectivity index (χ4v) is 2.62. The summed E-state index contributed by atoms with van der Waals surface area (Å²) in [4.78, 5) is 16.7. The highest BCUT2D eigenvalue weighted by molar-refractivity contribution is 6.34. The molecule has 0 aliphatic carbocycles. The van der Waals surface area contributed by atoms with Crippen molar-refractivity contribution in [2.75, 3.05) is 0 Å². The lowest BCUT2D eigenvalue weighted by Gasteiger charge is -2.12. The maximum absolute atomic E-state index is 11.9. The molecule has 0 radical (unpaired) electrons. The summed E-state index contributed by atoms with van der Waals surface area (Å²) >= 11 is 0. The predicted octanol–water partition coefficient (Wildman–Crippen LogP) is 5.48. The summed E-state index contributed by atoms with van der Waals surface area (Å²) < 4.78 is 0. The molecule has 0 atom stereocenters. The van der Waals surface area contributed by atoms with Gasteiger partial charge < -0.3 is 0 Å². The molecule has 2 heteroatoms. The zero-order valence-electron chi connectivity index (χ0n) is 14.1. The molecule has 0 N–H and O–H groups in total. The van der Waals surface area contributed by atoms with Gasteiger partial charge in [-0.05, 0) is 30.7 Å². The molecule has 3 aromatic rings. The van der Waals surface area contributed by atoms with Crippen molar-refractivity contribution in [1.29, 1.82) is 0 Å². The predicted molar refractivity (Wildman–Crippen MR) is 104 cm³/mol. The number of carbonyl (C=O) groups is 1. The van der Waals surface area contributed by atoms with E-state index in [0.717, 1.165) is 28.1 Å². The van der Waals surface area contributed by atoms with Crippen LogP contribution < -0.4 is 0 Å². The van der Waals surface area contributed by atoms with Crippen LogP contribution >= 0.6 is 0 Å². The van der Waals surface area contributed by atoms with E-state index in [2.05, 4.69) is 0 Å². The maximum atomic E-state index is 11.9. The number of nitrogens with zero attached hydrogens (tertiary/aromatic N) is 1. The highest BCUT2D eigenvalue weighted by atomic mass is 16.1. The molecule has 0 aliphatic rings. The van der Waals surface area contributed by atoms with Crippen LogP contribution in [-0.4, -0.2) is 11.5 Å². The summed E-state index contributed by atoms with van der Waals surface area (Å²) in [6, 6.07) is 29.6. The van der Waals surface area contributed by atoms with Gasteiger partial charge in [0.15, 0.2) is 5.78 Å². The second-order valence-electron chi connectivity index (χ2n) is 5.70. The van der Waals surface area contributed by atoms with E-state index >= 15 is 0 Å². The van der Waals surface area contributed by atoms with E-state index in [1.807, 2.05) is 91.0 Å². The molecule has 0 fully saturated rings. The van der Waals surface area contributed by atoms with Crippen LogP contribution in [0.1, 0.15) is 18.1 Å². The number of aliphatic imine (C=N–C) groups is 1. The van der Waals surface area contributed by atoms with Gasteiger partial charge in [0.1, 0.15) is 0 Å². The zero-order chi connectivity index (χ0) is 17.5. The minimum Gasteiger partial charge on any atom is -0.295 e. The number of carbonyl (C=O) groups excluding carboxylic acids is 1. The fourth-order valence-electron chi connectivity index (χ4n) is 2.62. The van der Waals surface area contributed by atoms with Gasteiger partial charge >= 0.3 is 0 Å². The normalized spacial score (nSPS) is 12.0. The Morgan fingerprint density at radius 2 is 1.20 bits per heavy atom. The number of hydrogen-bond donors (Lipinski definition) is 0. The van der Waals surface area contributed by atoms with Crippen molar-refractivity contribution < 1.29 is 4.79 Å². The highest BCUT2D eigenvalue weighted by Crippen LogP contribution is 2.24. The van der Waals surface area contributed by atoms with Crippen LogP contribution in [0, 0.1) is 0 Å². The molecular formula is C23H19NO. The first-order valence-electron chi connectivity index (χ1n) is 8.21. The monoisotopic (exact) mass is 325 g/mol. The number of allylic oxidation sites excluding steroid dienone is 2. The van der Waals surface area contributed by atoms with Gasteiger partial charge in [-0.25, -0.2) is 4.99 Å². The lowest BCUT2D eigenvalue weighted by Crippen LogP contribution is -2.06. The summed E-state index contributed by atoms with van der Waals surface area (Å²) in [6.07, 6.45) is 1.66. The van der Waals surface area contributed by atoms with Gasteiger partial charge in [-0.1, -0.05) is 78.9 Å². The minimum absolute atomic E-state index is 0.00412. The van der Waals surface area contributed by atoms with Crippen molar-refractivity contribution in [3.63, 3.8) is 0 Å². The summed E-state index contributed by atoms with van der Waals surface area (Å²) in [5, 5.41) is 0. The van der Waals surface area contributed by atoms with Crippen LogP contribution in [0.3, 0.4) is 0 Å². The van der Waals surface area contributed by atoms with Gasteiger partial charge in [-0.15, -0.1) is 0 Å². The van der Waals surface area contributed by atoms with Gasteiger partial charge in [0.05, 0.1) is 11.4 Å². The van der Waals surface area contributed by atoms with Crippen molar-refractivity contribution in [1.82, 2.24) is 0 Å². The third-order valence-corrected chi connectivity index (χ3v) is 3.73. The first-order valence-corrected chi connectivity index (χ1v) is 8.21. The average molecular weight is 325 g/mol. The van der Waals surface area contributed by atoms with Crippen molar-refractivity contribution in [3.05, 3.63) is 108 Å². The molecule has 3 aromatic carbocycles. The van der Waals surface area contributed by atoms with Crippen molar-refractivity contribution >= 4 is 22.8 Å². The standard InChI is InChI=1S/C23H19NO/c1-18(25)17-22(19-11-5-2-6-12-19)23(20-13-7-3-8-14-20)24-21-15-9-4-10-16-21/h2-17H,1H3. The molecule has 0 aromatic heterocycles. The van der Waals surface area contributed by atoms with E-state index in [-0.39, 0.29) is 5.78 Å². The van der Waals surface area contributed by atoms with Crippen molar-refractivity contribution in [2.24, 2.45) is 4.99 Å². The Hall–Kier alpha value is -3.26. The number of ketones is 1. The Labute approximate surface area is 148 Å². The van der Waals surface area contributed by atoms with E-state index in [9.17, 15) is 4.79 Å². The molecule has 0 heterocycles. The largest absolute Gasteiger partial charge is 0.295 e.